The number of methoxy groups -OCH3 is 2. The van der Waals surface area contributed by atoms with Crippen molar-refractivity contribution in [3.05, 3.63) is 77.9 Å². The quantitative estimate of drug-likeness (QED) is 0.396. The highest BCUT2D eigenvalue weighted by Gasteiger charge is 2.23. The summed E-state index contributed by atoms with van der Waals surface area (Å²) in [4.78, 5) is 13.3. The number of ether oxygens (including phenoxy) is 2. The van der Waals surface area contributed by atoms with Crippen LogP contribution >= 0.6 is 0 Å². The number of hydrogen-bond acceptors (Lipinski definition) is 5. The zero-order valence-electron chi connectivity index (χ0n) is 15.6. The molecule has 0 radical (unpaired) electrons. The topological polar surface area (TPSA) is 74.7 Å². The van der Waals surface area contributed by atoms with E-state index < -0.39 is 0 Å². The third-order valence-electron chi connectivity index (χ3n) is 4.65. The molecule has 4 rings (SSSR count). The highest BCUT2D eigenvalue weighted by molar-refractivity contribution is 6.19. The Kier molecular flexibility index (Phi) is 4.49. The van der Waals surface area contributed by atoms with Crippen molar-refractivity contribution >= 4 is 22.4 Å². The number of hydrogen-bond donors (Lipinski definition) is 1. The van der Waals surface area contributed by atoms with Crippen molar-refractivity contribution in [3.8, 4) is 22.8 Å². The van der Waals surface area contributed by atoms with Crippen molar-refractivity contribution in [3.63, 3.8) is 0 Å². The van der Waals surface area contributed by atoms with Crippen LogP contribution in [0.4, 0.5) is 5.69 Å². The lowest BCUT2D eigenvalue weighted by Crippen LogP contribution is -2.02. The van der Waals surface area contributed by atoms with Gasteiger partial charge in [-0.05, 0) is 60.7 Å². The molecule has 0 bridgehead atoms. The van der Waals surface area contributed by atoms with Crippen LogP contribution < -0.4 is 15.2 Å². The molecule has 140 valence electrons. The molecule has 0 atom stereocenters. The molecule has 5 nitrogen and oxygen atoms in total. The summed E-state index contributed by atoms with van der Waals surface area (Å²) in [6.45, 7) is 0. The third kappa shape index (κ3) is 3.07. The zero-order valence-corrected chi connectivity index (χ0v) is 15.6. The van der Waals surface area contributed by atoms with E-state index in [2.05, 4.69) is 0 Å². The van der Waals surface area contributed by atoms with Crippen molar-refractivity contribution < 1.29 is 18.7 Å². The van der Waals surface area contributed by atoms with Crippen LogP contribution in [0.3, 0.4) is 0 Å². The maximum Gasteiger partial charge on any atom is 0.197 e. The van der Waals surface area contributed by atoms with Crippen LogP contribution in [-0.4, -0.2) is 20.0 Å². The Hall–Kier alpha value is -3.73. The number of carbonyl (C=O) groups excluding carboxylic acids is 1. The first kappa shape index (κ1) is 17.7. The van der Waals surface area contributed by atoms with Gasteiger partial charge in [-0.25, -0.2) is 0 Å². The van der Waals surface area contributed by atoms with Gasteiger partial charge in [0.2, 0.25) is 0 Å². The molecule has 5 heteroatoms. The fourth-order valence-corrected chi connectivity index (χ4v) is 3.15. The van der Waals surface area contributed by atoms with Crippen LogP contribution in [0.15, 0.2) is 71.1 Å². The highest BCUT2D eigenvalue weighted by Crippen LogP contribution is 2.37. The smallest absolute Gasteiger partial charge is 0.197 e. The molecule has 0 unspecified atom stereocenters. The van der Waals surface area contributed by atoms with Gasteiger partial charge in [-0.3, -0.25) is 4.79 Å². The summed E-state index contributed by atoms with van der Waals surface area (Å²) < 4.78 is 16.6. The second-order valence-corrected chi connectivity index (χ2v) is 6.35. The number of nitrogens with two attached hydrogens (primary N) is 1. The van der Waals surface area contributed by atoms with Crippen molar-refractivity contribution in [2.45, 2.75) is 0 Å². The maximum absolute atomic E-state index is 13.3. The largest absolute Gasteiger partial charge is 0.497 e. The van der Waals surface area contributed by atoms with E-state index in [1.807, 2.05) is 36.4 Å². The van der Waals surface area contributed by atoms with Crippen molar-refractivity contribution in [2.24, 2.45) is 0 Å². The Morgan fingerprint density at radius 3 is 2.14 bits per heavy atom. The summed E-state index contributed by atoms with van der Waals surface area (Å²) in [6.07, 6.45) is 0. The summed E-state index contributed by atoms with van der Waals surface area (Å²) in [5, 5.41) is 0.730. The van der Waals surface area contributed by atoms with Gasteiger partial charge in [0.15, 0.2) is 5.78 Å². The molecule has 0 aliphatic rings. The number of ketones is 1. The van der Waals surface area contributed by atoms with Crippen LogP contribution in [0, 0.1) is 0 Å². The minimum atomic E-state index is -0.130. The molecule has 0 aliphatic heterocycles. The molecule has 0 fully saturated rings. The molecule has 3 aromatic carbocycles. The van der Waals surface area contributed by atoms with Crippen molar-refractivity contribution in [1.29, 1.82) is 0 Å². The maximum atomic E-state index is 13.3. The van der Waals surface area contributed by atoms with Gasteiger partial charge in [0, 0.05) is 28.3 Å². The monoisotopic (exact) mass is 373 g/mol. The SMILES string of the molecule is COc1ccc(-c2oc3cc(OC)ccc3c2C(=O)c2ccc(N)cc2)cc1. The minimum absolute atomic E-state index is 0.130. The van der Waals surface area contributed by atoms with E-state index in [-0.39, 0.29) is 5.78 Å². The molecule has 0 aliphatic carbocycles. The Bertz CT molecular complexity index is 1140. The number of rotatable bonds is 5. The zero-order chi connectivity index (χ0) is 19.7. The van der Waals surface area contributed by atoms with E-state index in [4.69, 9.17) is 19.6 Å². The summed E-state index contributed by atoms with van der Waals surface area (Å²) in [6, 6.07) is 19.7. The Balaban J connectivity index is 1.92. The fraction of sp³-hybridized carbons (Fsp3) is 0.0870. The van der Waals surface area contributed by atoms with Gasteiger partial charge in [-0.15, -0.1) is 0 Å². The predicted octanol–water partition coefficient (Wildman–Crippen LogP) is 4.93. The molecular formula is C23H19NO4. The van der Waals surface area contributed by atoms with Crippen molar-refractivity contribution in [2.75, 3.05) is 20.0 Å². The Morgan fingerprint density at radius 1 is 0.857 bits per heavy atom. The highest BCUT2D eigenvalue weighted by atomic mass is 16.5. The molecule has 0 saturated carbocycles. The van der Waals surface area contributed by atoms with E-state index in [0.29, 0.717) is 33.9 Å². The first-order chi connectivity index (χ1) is 13.6. The van der Waals surface area contributed by atoms with E-state index in [1.54, 1.807) is 44.6 Å². The van der Waals surface area contributed by atoms with Gasteiger partial charge in [-0.1, -0.05) is 0 Å². The first-order valence-corrected chi connectivity index (χ1v) is 8.76. The van der Waals surface area contributed by atoms with Crippen LogP contribution in [0.2, 0.25) is 0 Å². The van der Waals surface area contributed by atoms with Gasteiger partial charge in [0.05, 0.1) is 19.8 Å². The molecule has 0 spiro atoms. The Morgan fingerprint density at radius 2 is 1.50 bits per heavy atom. The van der Waals surface area contributed by atoms with Crippen LogP contribution in [0.5, 0.6) is 11.5 Å². The normalized spacial score (nSPS) is 10.8. The average molecular weight is 373 g/mol. The number of benzene rings is 3. The van der Waals surface area contributed by atoms with Gasteiger partial charge in [0.25, 0.3) is 0 Å². The summed E-state index contributed by atoms with van der Waals surface area (Å²) in [5.74, 6) is 1.77. The van der Waals surface area contributed by atoms with Crippen LogP contribution in [0.1, 0.15) is 15.9 Å². The van der Waals surface area contributed by atoms with Gasteiger partial charge >= 0.3 is 0 Å². The van der Waals surface area contributed by atoms with Crippen LogP contribution in [-0.2, 0) is 0 Å². The number of carbonyl (C=O) groups is 1. The Labute approximate surface area is 162 Å². The summed E-state index contributed by atoms with van der Waals surface area (Å²) in [5.41, 5.74) is 8.79. The van der Waals surface area contributed by atoms with E-state index in [0.717, 1.165) is 16.7 Å². The van der Waals surface area contributed by atoms with E-state index >= 15 is 0 Å². The molecular weight excluding hydrogens is 354 g/mol. The molecule has 2 N–H and O–H groups in total. The molecule has 0 amide bonds. The summed E-state index contributed by atoms with van der Waals surface area (Å²) >= 11 is 0. The fourth-order valence-electron chi connectivity index (χ4n) is 3.15. The number of anilines is 1. The molecule has 1 heterocycles. The standard InChI is InChI=1S/C23H19NO4/c1-26-17-9-5-15(6-10-17)23-21(22(25)14-3-7-16(24)8-4-14)19-12-11-18(27-2)13-20(19)28-23/h3-13H,24H2,1-2H3. The average Bonchev–Trinajstić information content (AvgIpc) is 3.12. The molecule has 1 aromatic heterocycles. The predicted molar refractivity (Wildman–Crippen MR) is 109 cm³/mol. The summed E-state index contributed by atoms with van der Waals surface area (Å²) in [7, 11) is 3.20. The number of furan rings is 1. The minimum Gasteiger partial charge on any atom is -0.497 e. The second kappa shape index (κ2) is 7.12. The third-order valence-corrected chi connectivity index (χ3v) is 4.65. The second-order valence-electron chi connectivity index (χ2n) is 6.35. The molecule has 4 aromatic rings. The van der Waals surface area contributed by atoms with Crippen molar-refractivity contribution in [1.82, 2.24) is 0 Å². The first-order valence-electron chi connectivity index (χ1n) is 8.76. The lowest BCUT2D eigenvalue weighted by atomic mass is 9.97. The lowest BCUT2D eigenvalue weighted by molar-refractivity contribution is 0.104. The molecule has 0 saturated heterocycles. The van der Waals surface area contributed by atoms with Crippen LogP contribution in [0.25, 0.3) is 22.3 Å². The van der Waals surface area contributed by atoms with E-state index in [1.165, 1.54) is 0 Å². The molecule has 28 heavy (non-hydrogen) atoms. The number of nitrogen functional groups attached to an aromatic ring is 1. The van der Waals surface area contributed by atoms with E-state index in [9.17, 15) is 4.79 Å². The van der Waals surface area contributed by atoms with Gasteiger partial charge < -0.3 is 19.6 Å². The lowest BCUT2D eigenvalue weighted by Gasteiger charge is -2.05. The van der Waals surface area contributed by atoms with Gasteiger partial charge in [0.1, 0.15) is 22.8 Å². The van der Waals surface area contributed by atoms with Gasteiger partial charge in [-0.2, -0.15) is 0 Å². The number of fused-ring (bicyclic) bond motifs is 1.